The fourth-order valence-electron chi connectivity index (χ4n) is 4.21. The molecule has 0 aliphatic carbocycles. The Balaban J connectivity index is 1.57. The summed E-state index contributed by atoms with van der Waals surface area (Å²) in [5.74, 6) is 0.389. The molecule has 10 nitrogen and oxygen atoms in total. The van der Waals surface area contributed by atoms with Crippen molar-refractivity contribution in [2.45, 2.75) is 19.9 Å². The molecule has 1 unspecified atom stereocenters. The molecule has 0 saturated carbocycles. The Kier molecular flexibility index (Phi) is 5.69. The molecular weight excluding hydrogens is 448 g/mol. The van der Waals surface area contributed by atoms with Crippen LogP contribution in [0.25, 0.3) is 10.9 Å². The molecule has 0 bridgehead atoms. The van der Waals surface area contributed by atoms with Gasteiger partial charge in [0.15, 0.2) is 5.69 Å². The summed E-state index contributed by atoms with van der Waals surface area (Å²) in [6.45, 7) is 3.79. The highest BCUT2D eigenvalue weighted by molar-refractivity contribution is 6.06. The number of esters is 1. The number of hydrogen-bond donors (Lipinski definition) is 3. The topological polar surface area (TPSA) is 123 Å². The van der Waals surface area contributed by atoms with Gasteiger partial charge < -0.3 is 20.1 Å². The Labute approximate surface area is 200 Å². The number of fused-ring (bicyclic) bond motifs is 2. The first kappa shape index (κ1) is 22.2. The molecule has 4 aromatic rings. The van der Waals surface area contributed by atoms with Gasteiger partial charge in [0.05, 0.1) is 31.0 Å². The molecule has 2 aromatic heterocycles. The summed E-state index contributed by atoms with van der Waals surface area (Å²) >= 11 is 0. The number of aromatic nitrogens is 4. The van der Waals surface area contributed by atoms with Crippen molar-refractivity contribution in [2.24, 2.45) is 0 Å². The summed E-state index contributed by atoms with van der Waals surface area (Å²) < 4.78 is 12.2. The number of rotatable bonds is 6. The van der Waals surface area contributed by atoms with Crippen molar-refractivity contribution >= 4 is 34.3 Å². The number of allylic oxidation sites excluding steroid dienone is 1. The van der Waals surface area contributed by atoms with Crippen molar-refractivity contribution in [1.29, 1.82) is 0 Å². The average molecular weight is 473 g/mol. The predicted octanol–water partition coefficient (Wildman–Crippen LogP) is 3.87. The summed E-state index contributed by atoms with van der Waals surface area (Å²) in [7, 11) is 1.58. The van der Waals surface area contributed by atoms with E-state index in [9.17, 15) is 9.59 Å². The number of nitrogens with one attached hydrogen (secondary N) is 3. The molecular formula is C25H24N6O4. The second kappa shape index (κ2) is 8.98. The Bertz CT molecular complexity index is 1470. The van der Waals surface area contributed by atoms with E-state index in [0.29, 0.717) is 28.5 Å². The van der Waals surface area contributed by atoms with Crippen molar-refractivity contribution in [3.05, 3.63) is 77.3 Å². The summed E-state index contributed by atoms with van der Waals surface area (Å²) in [5, 5.41) is 18.5. The van der Waals surface area contributed by atoms with Crippen LogP contribution in [0.1, 0.15) is 35.9 Å². The van der Waals surface area contributed by atoms with Crippen LogP contribution in [-0.4, -0.2) is 45.6 Å². The van der Waals surface area contributed by atoms with Crippen LogP contribution in [0.3, 0.4) is 0 Å². The van der Waals surface area contributed by atoms with Crippen molar-refractivity contribution in [3.8, 4) is 5.75 Å². The molecule has 3 N–H and O–H groups in total. The average Bonchev–Trinajstić information content (AvgIpc) is 3.49. The van der Waals surface area contributed by atoms with E-state index in [-0.39, 0.29) is 18.2 Å². The van der Waals surface area contributed by atoms with Crippen molar-refractivity contribution in [2.75, 3.05) is 24.4 Å². The van der Waals surface area contributed by atoms with Crippen molar-refractivity contribution < 1.29 is 19.1 Å². The first-order valence-electron chi connectivity index (χ1n) is 11.1. The molecule has 1 atom stereocenters. The highest BCUT2D eigenvalue weighted by Crippen LogP contribution is 2.38. The maximum absolute atomic E-state index is 13.6. The molecule has 1 aliphatic rings. The molecule has 2 aromatic carbocycles. The Hall–Kier alpha value is -4.60. The zero-order chi connectivity index (χ0) is 24.5. The van der Waals surface area contributed by atoms with Gasteiger partial charge in [-0.05, 0) is 49.7 Å². The van der Waals surface area contributed by atoms with Crippen LogP contribution in [0.2, 0.25) is 0 Å². The van der Waals surface area contributed by atoms with Gasteiger partial charge in [0.25, 0.3) is 5.91 Å². The van der Waals surface area contributed by atoms with Crippen LogP contribution in [0.15, 0.2) is 66.0 Å². The zero-order valence-corrected chi connectivity index (χ0v) is 19.5. The Morgan fingerprint density at radius 2 is 2.03 bits per heavy atom. The number of H-pyrrole nitrogens is 1. The number of ether oxygens (including phenoxy) is 2. The number of nitrogens with zero attached hydrogens (tertiary/aromatic N) is 3. The summed E-state index contributed by atoms with van der Waals surface area (Å²) in [6.07, 6.45) is 1.70. The van der Waals surface area contributed by atoms with Crippen LogP contribution in [-0.2, 0) is 9.53 Å². The molecule has 178 valence electrons. The van der Waals surface area contributed by atoms with Gasteiger partial charge in [-0.3, -0.25) is 9.89 Å². The normalized spacial score (nSPS) is 14.9. The number of carbonyl (C=O) groups is 2. The number of aromatic amines is 1. The number of amides is 1. The fourth-order valence-corrected chi connectivity index (χ4v) is 4.21. The van der Waals surface area contributed by atoms with E-state index >= 15 is 0 Å². The molecule has 0 saturated heterocycles. The standard InChI is InChI=1S/C25H24N6O4/c1-4-35-25(33)20-12-21-27-14(2)22(23(31(21)30-20)15-6-5-7-18(11-15)34-3)24(32)28-17-8-9-19-16(10-17)13-26-29-19/h5-13,23,27H,4H2,1-3H3,(H,26,29)(H,28,32). The molecule has 0 radical (unpaired) electrons. The lowest BCUT2D eigenvalue weighted by Gasteiger charge is -2.30. The van der Waals surface area contributed by atoms with Crippen LogP contribution in [0.5, 0.6) is 5.75 Å². The van der Waals surface area contributed by atoms with E-state index in [1.807, 2.05) is 49.4 Å². The SMILES string of the molecule is CCOC(=O)c1cc2n(n1)C(c1cccc(OC)c1)C(C(=O)Nc1ccc3[nH]ncc3c1)=C(C)N2. The van der Waals surface area contributed by atoms with Gasteiger partial charge in [0.2, 0.25) is 0 Å². The summed E-state index contributed by atoms with van der Waals surface area (Å²) in [4.78, 5) is 26.0. The quantitative estimate of drug-likeness (QED) is 0.364. The lowest BCUT2D eigenvalue weighted by Crippen LogP contribution is -2.31. The maximum atomic E-state index is 13.6. The van der Waals surface area contributed by atoms with Gasteiger partial charge in [0, 0.05) is 22.8 Å². The predicted molar refractivity (Wildman–Crippen MR) is 130 cm³/mol. The minimum absolute atomic E-state index is 0.155. The fraction of sp³-hybridized carbons (Fsp3) is 0.200. The van der Waals surface area contributed by atoms with E-state index in [0.717, 1.165) is 16.5 Å². The van der Waals surface area contributed by atoms with Gasteiger partial charge in [-0.25, -0.2) is 9.48 Å². The van der Waals surface area contributed by atoms with Gasteiger partial charge in [0.1, 0.15) is 17.6 Å². The van der Waals surface area contributed by atoms with E-state index in [4.69, 9.17) is 9.47 Å². The van der Waals surface area contributed by atoms with E-state index in [2.05, 4.69) is 25.9 Å². The third-order valence-corrected chi connectivity index (χ3v) is 5.81. The molecule has 0 fully saturated rings. The largest absolute Gasteiger partial charge is 0.497 e. The third-order valence-electron chi connectivity index (χ3n) is 5.81. The van der Waals surface area contributed by atoms with Gasteiger partial charge in [-0.1, -0.05) is 12.1 Å². The summed E-state index contributed by atoms with van der Waals surface area (Å²) in [6, 6.07) is 14.0. The van der Waals surface area contributed by atoms with E-state index in [1.54, 1.807) is 31.0 Å². The minimum Gasteiger partial charge on any atom is -0.497 e. The van der Waals surface area contributed by atoms with Crippen LogP contribution >= 0.6 is 0 Å². The third kappa shape index (κ3) is 4.10. The molecule has 3 heterocycles. The number of carbonyl (C=O) groups excluding carboxylic acids is 2. The monoisotopic (exact) mass is 472 g/mol. The van der Waals surface area contributed by atoms with Crippen molar-refractivity contribution in [1.82, 2.24) is 20.0 Å². The zero-order valence-electron chi connectivity index (χ0n) is 19.5. The van der Waals surface area contributed by atoms with Gasteiger partial charge in [-0.15, -0.1) is 0 Å². The summed E-state index contributed by atoms with van der Waals surface area (Å²) in [5.41, 5.74) is 3.54. The molecule has 35 heavy (non-hydrogen) atoms. The lowest BCUT2D eigenvalue weighted by molar-refractivity contribution is -0.113. The van der Waals surface area contributed by atoms with Gasteiger partial charge in [-0.2, -0.15) is 10.2 Å². The van der Waals surface area contributed by atoms with Crippen molar-refractivity contribution in [3.63, 3.8) is 0 Å². The number of methoxy groups -OCH3 is 1. The van der Waals surface area contributed by atoms with E-state index in [1.165, 1.54) is 0 Å². The lowest BCUT2D eigenvalue weighted by atomic mass is 9.94. The Morgan fingerprint density at radius 1 is 1.17 bits per heavy atom. The molecule has 5 rings (SSSR count). The minimum atomic E-state index is -0.609. The second-order valence-corrected chi connectivity index (χ2v) is 8.05. The number of hydrogen-bond acceptors (Lipinski definition) is 7. The van der Waals surface area contributed by atoms with Crippen LogP contribution < -0.4 is 15.4 Å². The van der Waals surface area contributed by atoms with Crippen LogP contribution in [0.4, 0.5) is 11.5 Å². The van der Waals surface area contributed by atoms with Gasteiger partial charge >= 0.3 is 5.97 Å². The smallest absolute Gasteiger partial charge is 0.358 e. The maximum Gasteiger partial charge on any atom is 0.358 e. The molecule has 1 amide bonds. The second-order valence-electron chi connectivity index (χ2n) is 8.05. The number of anilines is 2. The highest BCUT2D eigenvalue weighted by atomic mass is 16.5. The molecule has 0 spiro atoms. The Morgan fingerprint density at radius 3 is 2.83 bits per heavy atom. The highest BCUT2D eigenvalue weighted by Gasteiger charge is 2.34. The first-order chi connectivity index (χ1) is 17.0. The molecule has 10 heteroatoms. The van der Waals surface area contributed by atoms with Crippen LogP contribution in [0, 0.1) is 0 Å². The first-order valence-corrected chi connectivity index (χ1v) is 11.1. The van der Waals surface area contributed by atoms with E-state index < -0.39 is 12.0 Å². The molecule has 1 aliphatic heterocycles. The number of benzene rings is 2.